The Kier molecular flexibility index (Phi) is 6.17. The van der Waals surface area contributed by atoms with E-state index in [2.05, 4.69) is 159 Å². The lowest BCUT2D eigenvalue weighted by molar-refractivity contribution is 0.669. The van der Waals surface area contributed by atoms with Gasteiger partial charge in [0.25, 0.3) is 0 Å². The molecule has 0 saturated carbocycles. The van der Waals surface area contributed by atoms with Gasteiger partial charge in [0.05, 0.1) is 11.0 Å². The molecular formula is C39H31NO. The molecule has 0 bridgehead atoms. The summed E-state index contributed by atoms with van der Waals surface area (Å²) in [4.78, 5) is 0. The molecule has 8 aromatic rings. The first-order chi connectivity index (χ1) is 20.1. The van der Waals surface area contributed by atoms with E-state index in [1.165, 1.54) is 55.0 Å². The van der Waals surface area contributed by atoms with Gasteiger partial charge in [0.1, 0.15) is 11.2 Å². The number of aryl methyl sites for hydroxylation is 3. The van der Waals surface area contributed by atoms with Crippen LogP contribution in [-0.4, -0.2) is 4.57 Å². The van der Waals surface area contributed by atoms with Crippen molar-refractivity contribution in [1.29, 1.82) is 0 Å². The predicted molar refractivity (Wildman–Crippen MR) is 174 cm³/mol. The highest BCUT2D eigenvalue weighted by atomic mass is 16.3. The third-order valence-electron chi connectivity index (χ3n) is 8.03. The molecule has 0 atom stereocenters. The van der Waals surface area contributed by atoms with Crippen molar-refractivity contribution in [3.8, 4) is 16.8 Å². The molecule has 0 aliphatic carbocycles. The van der Waals surface area contributed by atoms with Crippen LogP contribution >= 0.6 is 0 Å². The van der Waals surface area contributed by atoms with Crippen molar-refractivity contribution >= 4 is 43.7 Å². The van der Waals surface area contributed by atoms with Crippen molar-refractivity contribution in [1.82, 2.24) is 4.57 Å². The number of fused-ring (bicyclic) bond motifs is 6. The van der Waals surface area contributed by atoms with E-state index in [4.69, 9.17) is 4.42 Å². The minimum absolute atomic E-state index is 0.931. The zero-order valence-corrected chi connectivity index (χ0v) is 23.6. The number of nitrogens with zero attached hydrogens (tertiary/aromatic N) is 1. The Labute approximate surface area is 240 Å². The summed E-state index contributed by atoms with van der Waals surface area (Å²) in [7, 11) is 0. The third-order valence-corrected chi connectivity index (χ3v) is 8.03. The predicted octanol–water partition coefficient (Wildman–Crippen LogP) is 11.0. The van der Waals surface area contributed by atoms with Crippen molar-refractivity contribution in [2.24, 2.45) is 0 Å². The highest BCUT2D eigenvalue weighted by Crippen LogP contribution is 2.35. The normalized spacial score (nSPS) is 11.3. The van der Waals surface area contributed by atoms with Crippen molar-refractivity contribution in [3.05, 3.63) is 150 Å². The Balaban J connectivity index is 0.000000167. The number of hydrogen-bond acceptors (Lipinski definition) is 1. The van der Waals surface area contributed by atoms with Gasteiger partial charge in [-0.3, -0.25) is 0 Å². The molecule has 0 N–H and O–H groups in total. The minimum atomic E-state index is 0.931. The summed E-state index contributed by atoms with van der Waals surface area (Å²) in [6, 6.07) is 47.1. The first-order valence-electron chi connectivity index (χ1n) is 14.1. The van der Waals surface area contributed by atoms with E-state index in [1.54, 1.807) is 0 Å². The summed E-state index contributed by atoms with van der Waals surface area (Å²) in [6.07, 6.45) is 0. The highest BCUT2D eigenvalue weighted by Gasteiger charge is 2.14. The van der Waals surface area contributed by atoms with Gasteiger partial charge in [-0.05, 0) is 85.5 Å². The van der Waals surface area contributed by atoms with Gasteiger partial charge in [-0.15, -0.1) is 0 Å². The molecule has 0 spiro atoms. The van der Waals surface area contributed by atoms with Gasteiger partial charge in [0, 0.05) is 27.2 Å². The fourth-order valence-electron chi connectivity index (χ4n) is 5.97. The molecule has 0 aliphatic heterocycles. The maximum Gasteiger partial charge on any atom is 0.135 e. The fraction of sp³-hybridized carbons (Fsp3) is 0.0769. The Morgan fingerprint density at radius 3 is 1.51 bits per heavy atom. The van der Waals surface area contributed by atoms with Crippen molar-refractivity contribution in [3.63, 3.8) is 0 Å². The average Bonchev–Trinajstić information content (AvgIpc) is 3.53. The SMILES string of the molecule is Cc1ccc2oc3ccc(-n4c5ccccc5c5ccccc54)cc3c2c1.Cc1ccccc1-c1ccccc1C. The topological polar surface area (TPSA) is 18.1 Å². The smallest absolute Gasteiger partial charge is 0.135 e. The molecule has 0 amide bonds. The Morgan fingerprint density at radius 1 is 0.439 bits per heavy atom. The second-order valence-electron chi connectivity index (χ2n) is 10.8. The summed E-state index contributed by atoms with van der Waals surface area (Å²) in [5.41, 5.74) is 12.1. The molecule has 198 valence electrons. The van der Waals surface area contributed by atoms with E-state index in [0.717, 1.165) is 22.2 Å². The number of aromatic nitrogens is 1. The summed E-state index contributed by atoms with van der Waals surface area (Å²) < 4.78 is 8.39. The first kappa shape index (κ1) is 24.9. The van der Waals surface area contributed by atoms with Crippen molar-refractivity contribution < 1.29 is 4.42 Å². The van der Waals surface area contributed by atoms with E-state index in [-0.39, 0.29) is 0 Å². The molecule has 2 heterocycles. The number of para-hydroxylation sites is 2. The Hall–Kier alpha value is -5.08. The van der Waals surface area contributed by atoms with E-state index in [9.17, 15) is 0 Å². The van der Waals surface area contributed by atoms with E-state index in [0.29, 0.717) is 0 Å². The molecule has 8 rings (SSSR count). The summed E-state index contributed by atoms with van der Waals surface area (Å²) in [5, 5.41) is 4.89. The van der Waals surface area contributed by atoms with Crippen LogP contribution in [-0.2, 0) is 0 Å². The van der Waals surface area contributed by atoms with Crippen LogP contribution in [0.1, 0.15) is 16.7 Å². The molecule has 2 aromatic heterocycles. The molecule has 6 aromatic carbocycles. The van der Waals surface area contributed by atoms with E-state index in [1.807, 2.05) is 0 Å². The molecule has 41 heavy (non-hydrogen) atoms. The van der Waals surface area contributed by atoms with Crippen LogP contribution in [0, 0.1) is 20.8 Å². The molecule has 0 unspecified atom stereocenters. The standard InChI is InChI=1S/C25H17NO.C14H14/c1-16-10-12-24-20(14-16)21-15-17(11-13-25(21)27-24)26-22-8-4-2-6-18(22)19-7-3-5-9-23(19)26;1-11-7-3-5-9-13(11)14-10-6-4-8-12(14)2/h2-15H,1H3;3-10H,1-2H3. The molecule has 2 heteroatoms. The van der Waals surface area contributed by atoms with E-state index >= 15 is 0 Å². The maximum atomic E-state index is 6.05. The van der Waals surface area contributed by atoms with Crippen LogP contribution in [0.25, 0.3) is 60.6 Å². The van der Waals surface area contributed by atoms with Gasteiger partial charge in [0.2, 0.25) is 0 Å². The number of benzene rings is 6. The zero-order valence-electron chi connectivity index (χ0n) is 23.6. The molecule has 2 nitrogen and oxygen atoms in total. The van der Waals surface area contributed by atoms with Crippen LogP contribution in [0.3, 0.4) is 0 Å². The number of hydrogen-bond donors (Lipinski definition) is 0. The Morgan fingerprint density at radius 2 is 0.927 bits per heavy atom. The van der Waals surface area contributed by atoms with E-state index < -0.39 is 0 Å². The fourth-order valence-corrected chi connectivity index (χ4v) is 5.97. The van der Waals surface area contributed by atoms with Crippen molar-refractivity contribution in [2.45, 2.75) is 20.8 Å². The van der Waals surface area contributed by atoms with Crippen LogP contribution in [0.2, 0.25) is 0 Å². The van der Waals surface area contributed by atoms with Gasteiger partial charge in [-0.25, -0.2) is 0 Å². The zero-order chi connectivity index (χ0) is 27.9. The Bertz CT molecular complexity index is 2100. The molecule has 0 saturated heterocycles. The number of furan rings is 1. The van der Waals surface area contributed by atoms with Gasteiger partial charge in [-0.1, -0.05) is 96.6 Å². The lowest BCUT2D eigenvalue weighted by Crippen LogP contribution is -1.93. The lowest BCUT2D eigenvalue weighted by atomic mass is 9.97. The van der Waals surface area contributed by atoms with Gasteiger partial charge in [0.15, 0.2) is 0 Å². The minimum Gasteiger partial charge on any atom is -0.456 e. The van der Waals surface area contributed by atoms with Crippen LogP contribution < -0.4 is 0 Å². The summed E-state index contributed by atoms with van der Waals surface area (Å²) in [5.74, 6) is 0. The summed E-state index contributed by atoms with van der Waals surface area (Å²) >= 11 is 0. The number of rotatable bonds is 2. The lowest BCUT2D eigenvalue weighted by Gasteiger charge is -2.08. The molecular weight excluding hydrogens is 498 g/mol. The molecule has 0 radical (unpaired) electrons. The highest BCUT2D eigenvalue weighted by molar-refractivity contribution is 6.10. The molecule has 0 aliphatic rings. The van der Waals surface area contributed by atoms with Crippen LogP contribution in [0.5, 0.6) is 0 Å². The quantitative estimate of drug-likeness (QED) is 0.218. The van der Waals surface area contributed by atoms with Gasteiger partial charge in [-0.2, -0.15) is 0 Å². The first-order valence-corrected chi connectivity index (χ1v) is 14.1. The maximum absolute atomic E-state index is 6.05. The average molecular weight is 530 g/mol. The second kappa shape index (κ2) is 10.1. The van der Waals surface area contributed by atoms with Gasteiger partial charge < -0.3 is 8.98 Å². The van der Waals surface area contributed by atoms with Gasteiger partial charge >= 0.3 is 0 Å². The van der Waals surface area contributed by atoms with Crippen LogP contribution in [0.15, 0.2) is 138 Å². The second-order valence-corrected chi connectivity index (χ2v) is 10.8. The van der Waals surface area contributed by atoms with Crippen molar-refractivity contribution in [2.75, 3.05) is 0 Å². The monoisotopic (exact) mass is 529 g/mol. The van der Waals surface area contributed by atoms with Crippen LogP contribution in [0.4, 0.5) is 0 Å². The third kappa shape index (κ3) is 4.38. The summed E-state index contributed by atoms with van der Waals surface area (Å²) in [6.45, 7) is 6.43. The largest absolute Gasteiger partial charge is 0.456 e. The molecule has 0 fully saturated rings.